The first-order valence-electron chi connectivity index (χ1n) is 5.93. The van der Waals surface area contributed by atoms with Crippen LogP contribution in [0.25, 0.3) is 0 Å². The summed E-state index contributed by atoms with van der Waals surface area (Å²) in [5, 5.41) is 10.6. The van der Waals surface area contributed by atoms with Gasteiger partial charge in [0.05, 0.1) is 6.20 Å². The Morgan fingerprint density at radius 3 is 2.37 bits per heavy atom. The van der Waals surface area contributed by atoms with E-state index in [9.17, 15) is 13.9 Å². The Balaban J connectivity index is 2.63. The van der Waals surface area contributed by atoms with Crippen LogP contribution in [-0.2, 0) is 5.60 Å². The molecule has 19 heavy (non-hydrogen) atoms. The number of aryl methyl sites for hydroxylation is 2. The molecule has 0 bridgehead atoms. The molecule has 1 N–H and O–H groups in total. The van der Waals surface area contributed by atoms with Crippen LogP contribution in [0.2, 0.25) is 0 Å². The van der Waals surface area contributed by atoms with Crippen LogP contribution in [0, 0.1) is 25.5 Å². The van der Waals surface area contributed by atoms with Crippen molar-refractivity contribution < 1.29 is 13.9 Å². The van der Waals surface area contributed by atoms with E-state index in [0.717, 1.165) is 17.8 Å². The van der Waals surface area contributed by atoms with Gasteiger partial charge in [-0.3, -0.25) is 4.98 Å². The van der Waals surface area contributed by atoms with Gasteiger partial charge in [-0.2, -0.15) is 0 Å². The third-order valence-corrected chi connectivity index (χ3v) is 3.19. The van der Waals surface area contributed by atoms with Crippen molar-refractivity contribution in [2.75, 3.05) is 0 Å². The van der Waals surface area contributed by atoms with E-state index in [1.54, 1.807) is 19.9 Å². The fourth-order valence-electron chi connectivity index (χ4n) is 2.35. The lowest BCUT2D eigenvalue weighted by atomic mass is 9.85. The number of pyridine rings is 1. The van der Waals surface area contributed by atoms with Gasteiger partial charge in [0.15, 0.2) is 0 Å². The molecular weight excluding hydrogens is 248 g/mol. The van der Waals surface area contributed by atoms with Gasteiger partial charge in [0.2, 0.25) is 0 Å². The predicted octanol–water partition coefficient (Wildman–Crippen LogP) is 3.23. The van der Waals surface area contributed by atoms with Crippen molar-refractivity contribution >= 4 is 0 Å². The van der Waals surface area contributed by atoms with Gasteiger partial charge in [0, 0.05) is 17.3 Å². The maximum absolute atomic E-state index is 14.1. The zero-order valence-electron chi connectivity index (χ0n) is 11.0. The van der Waals surface area contributed by atoms with Crippen molar-refractivity contribution in [3.8, 4) is 0 Å². The van der Waals surface area contributed by atoms with Crippen LogP contribution in [0.1, 0.15) is 29.2 Å². The SMILES string of the molecule is Cc1cc(C)c(C(C)(O)c2cncc(F)c2)c(F)c1. The average Bonchev–Trinajstić information content (AvgIpc) is 2.26. The topological polar surface area (TPSA) is 33.1 Å². The summed E-state index contributed by atoms with van der Waals surface area (Å²) in [5.74, 6) is -1.07. The molecule has 0 aliphatic carbocycles. The van der Waals surface area contributed by atoms with Crippen molar-refractivity contribution in [2.24, 2.45) is 0 Å². The second-order valence-electron chi connectivity index (χ2n) is 4.90. The molecule has 2 rings (SSSR count). The molecule has 0 aliphatic rings. The lowest BCUT2D eigenvalue weighted by molar-refractivity contribution is 0.0964. The summed E-state index contributed by atoms with van der Waals surface area (Å²) < 4.78 is 27.3. The molecule has 1 heterocycles. The molecule has 0 aliphatic heterocycles. The Labute approximate surface area is 110 Å². The summed E-state index contributed by atoms with van der Waals surface area (Å²) in [7, 11) is 0. The number of benzene rings is 1. The largest absolute Gasteiger partial charge is 0.381 e. The van der Waals surface area contributed by atoms with Crippen molar-refractivity contribution in [3.05, 3.63) is 64.5 Å². The van der Waals surface area contributed by atoms with Crippen molar-refractivity contribution in [2.45, 2.75) is 26.4 Å². The molecule has 0 saturated heterocycles. The Hall–Kier alpha value is -1.81. The summed E-state index contributed by atoms with van der Waals surface area (Å²) >= 11 is 0. The van der Waals surface area contributed by atoms with E-state index in [1.807, 2.05) is 0 Å². The second kappa shape index (κ2) is 4.70. The third kappa shape index (κ3) is 2.49. The monoisotopic (exact) mass is 263 g/mol. The minimum absolute atomic E-state index is 0.144. The van der Waals surface area contributed by atoms with Crippen LogP contribution in [0.5, 0.6) is 0 Å². The van der Waals surface area contributed by atoms with Gasteiger partial charge in [-0.15, -0.1) is 0 Å². The first-order valence-corrected chi connectivity index (χ1v) is 5.93. The number of hydrogen-bond acceptors (Lipinski definition) is 2. The van der Waals surface area contributed by atoms with E-state index >= 15 is 0 Å². The lowest BCUT2D eigenvalue weighted by Gasteiger charge is -2.26. The van der Waals surface area contributed by atoms with E-state index in [-0.39, 0.29) is 11.1 Å². The number of rotatable bonds is 2. The fourth-order valence-corrected chi connectivity index (χ4v) is 2.35. The van der Waals surface area contributed by atoms with E-state index in [4.69, 9.17) is 0 Å². The lowest BCUT2D eigenvalue weighted by Crippen LogP contribution is -2.26. The van der Waals surface area contributed by atoms with Gasteiger partial charge in [-0.25, -0.2) is 8.78 Å². The summed E-state index contributed by atoms with van der Waals surface area (Å²) in [6.45, 7) is 4.93. The second-order valence-corrected chi connectivity index (χ2v) is 4.90. The Bertz CT molecular complexity index is 600. The summed E-state index contributed by atoms with van der Waals surface area (Å²) in [5.41, 5.74) is 0.124. The molecule has 0 spiro atoms. The van der Waals surface area contributed by atoms with Crippen LogP contribution in [0.15, 0.2) is 30.6 Å². The molecule has 1 unspecified atom stereocenters. The van der Waals surface area contributed by atoms with Crippen molar-refractivity contribution in [1.29, 1.82) is 0 Å². The molecule has 1 atom stereocenters. The third-order valence-electron chi connectivity index (χ3n) is 3.19. The molecule has 2 nitrogen and oxygen atoms in total. The fraction of sp³-hybridized carbons (Fsp3) is 0.267. The van der Waals surface area contributed by atoms with Gasteiger partial charge >= 0.3 is 0 Å². The molecule has 0 amide bonds. The summed E-state index contributed by atoms with van der Waals surface area (Å²) in [4.78, 5) is 3.70. The van der Waals surface area contributed by atoms with Gasteiger partial charge in [0.25, 0.3) is 0 Å². The normalized spacial score (nSPS) is 14.2. The smallest absolute Gasteiger partial charge is 0.141 e. The Morgan fingerprint density at radius 2 is 1.79 bits per heavy atom. The molecule has 4 heteroatoms. The maximum Gasteiger partial charge on any atom is 0.141 e. The van der Waals surface area contributed by atoms with Crippen LogP contribution in [0.4, 0.5) is 8.78 Å². The van der Waals surface area contributed by atoms with Gasteiger partial charge in [-0.05, 0) is 44.0 Å². The molecule has 100 valence electrons. The van der Waals surface area contributed by atoms with Crippen molar-refractivity contribution in [3.63, 3.8) is 0 Å². The highest BCUT2D eigenvalue weighted by molar-refractivity contribution is 5.41. The summed E-state index contributed by atoms with van der Waals surface area (Å²) in [6.07, 6.45) is 2.37. The van der Waals surface area contributed by atoms with Gasteiger partial charge < -0.3 is 5.11 Å². The Kier molecular flexibility index (Phi) is 3.37. The standard InChI is InChI=1S/C15H15F2NO/c1-9-4-10(2)14(13(17)5-9)15(3,19)11-6-12(16)8-18-7-11/h4-8,19H,1-3H3. The molecular formula is C15H15F2NO. The molecule has 0 fully saturated rings. The number of halogens is 2. The zero-order valence-corrected chi connectivity index (χ0v) is 11.0. The Morgan fingerprint density at radius 1 is 1.11 bits per heavy atom. The van der Waals surface area contributed by atoms with Crippen LogP contribution in [-0.4, -0.2) is 10.1 Å². The van der Waals surface area contributed by atoms with Crippen LogP contribution >= 0.6 is 0 Å². The maximum atomic E-state index is 14.1. The highest BCUT2D eigenvalue weighted by Gasteiger charge is 2.31. The zero-order chi connectivity index (χ0) is 14.2. The molecule has 1 aromatic heterocycles. The first kappa shape index (κ1) is 13.6. The minimum Gasteiger partial charge on any atom is -0.381 e. The highest BCUT2D eigenvalue weighted by atomic mass is 19.1. The van der Waals surface area contributed by atoms with Crippen LogP contribution < -0.4 is 0 Å². The minimum atomic E-state index is -1.63. The predicted molar refractivity (Wildman–Crippen MR) is 68.7 cm³/mol. The highest BCUT2D eigenvalue weighted by Crippen LogP contribution is 2.33. The molecule has 0 radical (unpaired) electrons. The quantitative estimate of drug-likeness (QED) is 0.902. The van der Waals surface area contributed by atoms with Gasteiger partial charge in [-0.1, -0.05) is 6.07 Å². The molecule has 2 aromatic rings. The van der Waals surface area contributed by atoms with Gasteiger partial charge in [0.1, 0.15) is 17.2 Å². The van der Waals surface area contributed by atoms with Crippen LogP contribution in [0.3, 0.4) is 0 Å². The number of aliphatic hydroxyl groups is 1. The number of nitrogens with zero attached hydrogens (tertiary/aromatic N) is 1. The van der Waals surface area contributed by atoms with E-state index < -0.39 is 17.2 Å². The summed E-state index contributed by atoms with van der Waals surface area (Å²) in [6, 6.07) is 4.29. The van der Waals surface area contributed by atoms with E-state index in [1.165, 1.54) is 19.2 Å². The van der Waals surface area contributed by atoms with E-state index in [0.29, 0.717) is 5.56 Å². The van der Waals surface area contributed by atoms with E-state index in [2.05, 4.69) is 4.98 Å². The molecule has 1 aromatic carbocycles. The molecule has 0 saturated carbocycles. The number of aromatic nitrogens is 1. The number of hydrogen-bond donors (Lipinski definition) is 1. The van der Waals surface area contributed by atoms with Crippen molar-refractivity contribution in [1.82, 2.24) is 4.98 Å². The first-order chi connectivity index (χ1) is 8.82. The average molecular weight is 263 g/mol.